The Bertz CT molecular complexity index is 769. The van der Waals surface area contributed by atoms with Crippen molar-refractivity contribution in [3.63, 3.8) is 0 Å². The smallest absolute Gasteiger partial charge is 0.253 e. The molecule has 0 aliphatic heterocycles. The zero-order chi connectivity index (χ0) is 16.7. The predicted molar refractivity (Wildman–Crippen MR) is 110 cm³/mol. The Morgan fingerprint density at radius 1 is 1.15 bits per heavy atom. The van der Waals surface area contributed by atoms with Gasteiger partial charge in [-0.25, -0.2) is 0 Å². The number of para-hydroxylation sites is 1. The molecule has 2 aliphatic carbocycles. The van der Waals surface area contributed by atoms with Gasteiger partial charge < -0.3 is 11.1 Å². The number of amides is 1. The Labute approximate surface area is 167 Å². The molecule has 4 rings (SSSR count). The van der Waals surface area contributed by atoms with Crippen molar-refractivity contribution in [3.05, 3.63) is 41.6 Å². The molecule has 1 aromatic carbocycles. The molecule has 6 heteroatoms. The van der Waals surface area contributed by atoms with E-state index in [2.05, 4.69) is 10.3 Å². The number of benzene rings is 1. The van der Waals surface area contributed by atoms with Gasteiger partial charge in [0.05, 0.1) is 11.1 Å². The first-order valence-corrected chi connectivity index (χ1v) is 9.04. The molecule has 2 fully saturated rings. The summed E-state index contributed by atoms with van der Waals surface area (Å²) in [7, 11) is 0. The molecule has 1 heterocycles. The molecule has 0 radical (unpaired) electrons. The van der Waals surface area contributed by atoms with Crippen molar-refractivity contribution >= 4 is 41.6 Å². The van der Waals surface area contributed by atoms with Gasteiger partial charge in [-0.15, -0.1) is 24.8 Å². The van der Waals surface area contributed by atoms with Crippen LogP contribution in [-0.2, 0) is 0 Å². The van der Waals surface area contributed by atoms with E-state index >= 15 is 0 Å². The molecule has 2 atom stereocenters. The summed E-state index contributed by atoms with van der Waals surface area (Å²) in [6, 6.07) is 8.56. The fraction of sp³-hybridized carbons (Fsp3) is 0.500. The van der Waals surface area contributed by atoms with Crippen LogP contribution in [0.25, 0.3) is 10.9 Å². The molecular formula is C20H27Cl2N3O. The fourth-order valence-corrected chi connectivity index (χ4v) is 4.76. The summed E-state index contributed by atoms with van der Waals surface area (Å²) in [4.78, 5) is 17.4. The number of nitrogens with one attached hydrogen (secondary N) is 1. The topological polar surface area (TPSA) is 68.0 Å². The van der Waals surface area contributed by atoms with E-state index in [1.165, 1.54) is 19.3 Å². The summed E-state index contributed by atoms with van der Waals surface area (Å²) >= 11 is 0. The van der Waals surface area contributed by atoms with Crippen molar-refractivity contribution in [2.75, 3.05) is 0 Å². The molecule has 2 aliphatic rings. The fourth-order valence-electron chi connectivity index (χ4n) is 4.76. The third-order valence-electron chi connectivity index (χ3n) is 5.96. The van der Waals surface area contributed by atoms with Gasteiger partial charge >= 0.3 is 0 Å². The van der Waals surface area contributed by atoms with Gasteiger partial charge in [-0.05, 0) is 56.1 Å². The van der Waals surface area contributed by atoms with Crippen LogP contribution in [0.15, 0.2) is 30.5 Å². The highest BCUT2D eigenvalue weighted by Gasteiger charge is 2.40. The number of nitrogens with two attached hydrogens (primary N) is 1. The van der Waals surface area contributed by atoms with Crippen LogP contribution in [0.5, 0.6) is 0 Å². The maximum absolute atomic E-state index is 12.9. The van der Waals surface area contributed by atoms with Crippen molar-refractivity contribution in [1.82, 2.24) is 10.3 Å². The Balaban J connectivity index is 0.00000121. The van der Waals surface area contributed by atoms with Crippen molar-refractivity contribution in [2.45, 2.75) is 51.1 Å². The van der Waals surface area contributed by atoms with Crippen LogP contribution < -0.4 is 11.1 Å². The zero-order valence-electron chi connectivity index (χ0n) is 15.0. The molecule has 2 bridgehead atoms. The first-order chi connectivity index (χ1) is 11.6. The van der Waals surface area contributed by atoms with Crippen LogP contribution >= 0.6 is 24.8 Å². The summed E-state index contributed by atoms with van der Waals surface area (Å²) < 4.78 is 0. The van der Waals surface area contributed by atoms with Gasteiger partial charge in [0.2, 0.25) is 0 Å². The lowest BCUT2D eigenvalue weighted by molar-refractivity contribution is 0.0755. The number of hydrogen-bond donors (Lipinski definition) is 2. The molecular weight excluding hydrogens is 369 g/mol. The van der Waals surface area contributed by atoms with E-state index in [1.807, 2.05) is 31.2 Å². The van der Waals surface area contributed by atoms with Gasteiger partial charge in [-0.2, -0.15) is 0 Å². The third kappa shape index (κ3) is 3.83. The van der Waals surface area contributed by atoms with Gasteiger partial charge in [0, 0.05) is 23.7 Å². The normalized spacial score (nSPS) is 27.2. The first-order valence-electron chi connectivity index (χ1n) is 9.04. The lowest BCUT2D eigenvalue weighted by Crippen LogP contribution is -2.53. The van der Waals surface area contributed by atoms with Gasteiger partial charge in [-0.3, -0.25) is 9.78 Å². The lowest BCUT2D eigenvalue weighted by Gasteiger charge is -2.45. The van der Waals surface area contributed by atoms with Gasteiger partial charge in [-0.1, -0.05) is 24.6 Å². The summed E-state index contributed by atoms with van der Waals surface area (Å²) in [5.74, 6) is 1.08. The van der Waals surface area contributed by atoms with Gasteiger partial charge in [0.25, 0.3) is 5.91 Å². The van der Waals surface area contributed by atoms with E-state index in [0.717, 1.165) is 29.3 Å². The highest BCUT2D eigenvalue weighted by molar-refractivity contribution is 6.00. The minimum Gasteiger partial charge on any atom is -0.349 e. The maximum Gasteiger partial charge on any atom is 0.253 e. The number of pyridine rings is 1. The highest BCUT2D eigenvalue weighted by atomic mass is 35.5. The number of aryl methyl sites for hydroxylation is 1. The van der Waals surface area contributed by atoms with Crippen molar-refractivity contribution in [2.24, 2.45) is 17.6 Å². The van der Waals surface area contributed by atoms with Crippen LogP contribution in [0.2, 0.25) is 0 Å². The number of halogens is 2. The number of nitrogens with zero attached hydrogens (tertiary/aromatic N) is 1. The summed E-state index contributed by atoms with van der Waals surface area (Å²) in [6.07, 6.45) is 7.43. The van der Waals surface area contributed by atoms with E-state index in [9.17, 15) is 4.79 Å². The second kappa shape index (κ2) is 8.55. The number of hydrogen-bond acceptors (Lipinski definition) is 3. The SMILES string of the molecule is Cc1c(C(=O)NC2C3CCCC2CC(N)C3)cnc2ccccc12.Cl.Cl. The zero-order valence-corrected chi connectivity index (χ0v) is 16.6. The molecule has 4 nitrogen and oxygen atoms in total. The van der Waals surface area contributed by atoms with E-state index in [1.54, 1.807) is 6.20 Å². The number of aromatic nitrogens is 1. The number of fused-ring (bicyclic) bond motifs is 3. The van der Waals surface area contributed by atoms with E-state index < -0.39 is 0 Å². The standard InChI is InChI=1S/C20H25N3O.2ClH/c1-12-16-7-2-3-8-18(16)22-11-17(12)20(24)23-19-13-5-4-6-14(19)10-15(21)9-13;;/h2-3,7-8,11,13-15,19H,4-6,9-10,21H2,1H3,(H,23,24);2*1H. The molecule has 1 amide bonds. The molecule has 3 N–H and O–H groups in total. The molecule has 2 unspecified atom stereocenters. The Morgan fingerprint density at radius 3 is 2.50 bits per heavy atom. The molecule has 26 heavy (non-hydrogen) atoms. The number of rotatable bonds is 2. The van der Waals surface area contributed by atoms with Crippen LogP contribution in [0, 0.1) is 18.8 Å². The second-order valence-electron chi connectivity index (χ2n) is 7.50. The third-order valence-corrected chi connectivity index (χ3v) is 5.96. The first kappa shape index (κ1) is 20.9. The molecule has 1 aromatic heterocycles. The Morgan fingerprint density at radius 2 is 1.81 bits per heavy atom. The maximum atomic E-state index is 12.9. The number of carbonyl (C=O) groups is 1. The minimum absolute atomic E-state index is 0. The van der Waals surface area contributed by atoms with Crippen LogP contribution in [0.3, 0.4) is 0 Å². The highest BCUT2D eigenvalue weighted by Crippen LogP contribution is 2.39. The van der Waals surface area contributed by atoms with E-state index in [4.69, 9.17) is 5.73 Å². The largest absolute Gasteiger partial charge is 0.349 e. The van der Waals surface area contributed by atoms with Crippen LogP contribution in [0.1, 0.15) is 48.0 Å². The van der Waals surface area contributed by atoms with Gasteiger partial charge in [0.15, 0.2) is 0 Å². The number of carbonyl (C=O) groups excluding carboxylic acids is 1. The summed E-state index contributed by atoms with van der Waals surface area (Å²) in [6.45, 7) is 2.01. The second-order valence-corrected chi connectivity index (χ2v) is 7.50. The average molecular weight is 396 g/mol. The predicted octanol–water partition coefficient (Wildman–Crippen LogP) is 4.02. The molecule has 0 saturated heterocycles. The molecule has 2 saturated carbocycles. The van der Waals surface area contributed by atoms with Crippen LogP contribution in [0.4, 0.5) is 0 Å². The summed E-state index contributed by atoms with van der Waals surface area (Å²) in [5.41, 5.74) is 8.84. The van der Waals surface area contributed by atoms with Crippen LogP contribution in [-0.4, -0.2) is 23.0 Å². The monoisotopic (exact) mass is 395 g/mol. The van der Waals surface area contributed by atoms with Gasteiger partial charge in [0.1, 0.15) is 0 Å². The van der Waals surface area contributed by atoms with E-state index in [-0.39, 0.29) is 36.8 Å². The van der Waals surface area contributed by atoms with Crippen molar-refractivity contribution < 1.29 is 4.79 Å². The quantitative estimate of drug-likeness (QED) is 0.806. The summed E-state index contributed by atoms with van der Waals surface area (Å²) in [5, 5.41) is 4.38. The Hall–Kier alpha value is -1.36. The molecule has 142 valence electrons. The molecule has 2 aromatic rings. The van der Waals surface area contributed by atoms with Crippen molar-refractivity contribution in [1.29, 1.82) is 0 Å². The average Bonchev–Trinajstić information content (AvgIpc) is 2.56. The minimum atomic E-state index is 0. The Kier molecular flexibility index (Phi) is 6.89. The molecule has 0 spiro atoms. The van der Waals surface area contributed by atoms with Crippen molar-refractivity contribution in [3.8, 4) is 0 Å². The van der Waals surface area contributed by atoms with E-state index in [0.29, 0.717) is 23.4 Å². The lowest BCUT2D eigenvalue weighted by atomic mass is 9.67.